The zero-order valence-corrected chi connectivity index (χ0v) is 11.6. The molecule has 0 bridgehead atoms. The van der Waals surface area contributed by atoms with Gasteiger partial charge in [0.2, 0.25) is 5.91 Å². The Morgan fingerprint density at radius 1 is 1.26 bits per heavy atom. The number of hydrogen-bond donors (Lipinski definition) is 2. The van der Waals surface area contributed by atoms with Gasteiger partial charge in [-0.15, -0.1) is 0 Å². The molecule has 2 N–H and O–H groups in total. The lowest BCUT2D eigenvalue weighted by atomic mass is 9.82. The van der Waals surface area contributed by atoms with Crippen LogP contribution in [-0.2, 0) is 9.59 Å². The average Bonchev–Trinajstić information content (AvgIpc) is 2.38. The van der Waals surface area contributed by atoms with E-state index in [9.17, 15) is 14.7 Å². The number of carbonyl (C=O) groups excluding carboxylic acids is 1. The minimum absolute atomic E-state index is 0.0133. The summed E-state index contributed by atoms with van der Waals surface area (Å²) in [6.07, 6.45) is 5.13. The minimum Gasteiger partial charge on any atom is -0.481 e. The summed E-state index contributed by atoms with van der Waals surface area (Å²) in [5, 5.41) is 18.1. The third-order valence-corrected chi connectivity index (χ3v) is 3.53. The predicted octanol–water partition coefficient (Wildman–Crippen LogP) is 1.27. The Hall–Kier alpha value is -1.36. The summed E-state index contributed by atoms with van der Waals surface area (Å²) in [5.41, 5.74) is 0. The molecule has 108 valence electrons. The molecule has 5 heteroatoms. The van der Waals surface area contributed by atoms with Crippen molar-refractivity contribution in [2.45, 2.75) is 39.2 Å². The van der Waals surface area contributed by atoms with Crippen LogP contribution in [0.4, 0.5) is 0 Å². The molecule has 1 aliphatic carbocycles. The Morgan fingerprint density at radius 3 is 2.32 bits per heavy atom. The van der Waals surface area contributed by atoms with Crippen molar-refractivity contribution in [2.75, 3.05) is 13.2 Å². The second kappa shape index (κ2) is 7.28. The van der Waals surface area contributed by atoms with Gasteiger partial charge >= 0.3 is 5.97 Å². The summed E-state index contributed by atoms with van der Waals surface area (Å²) >= 11 is 0. The molecule has 1 rings (SSSR count). The van der Waals surface area contributed by atoms with E-state index in [1.54, 1.807) is 4.90 Å². The van der Waals surface area contributed by atoms with Gasteiger partial charge in [0.05, 0.1) is 11.8 Å². The molecular formula is C14H23NO4. The lowest BCUT2D eigenvalue weighted by Gasteiger charge is -2.33. The highest BCUT2D eigenvalue weighted by molar-refractivity contribution is 5.85. The smallest absolute Gasteiger partial charge is 0.307 e. The summed E-state index contributed by atoms with van der Waals surface area (Å²) in [7, 11) is 0. The summed E-state index contributed by atoms with van der Waals surface area (Å²) in [6.45, 7) is 4.32. The van der Waals surface area contributed by atoms with Gasteiger partial charge in [0.15, 0.2) is 0 Å². The Kier molecular flexibility index (Phi) is 6.02. The van der Waals surface area contributed by atoms with Gasteiger partial charge in [0.25, 0.3) is 0 Å². The molecule has 2 atom stereocenters. The fourth-order valence-electron chi connectivity index (χ4n) is 2.44. The van der Waals surface area contributed by atoms with Crippen LogP contribution in [0.5, 0.6) is 0 Å². The van der Waals surface area contributed by atoms with Gasteiger partial charge in [-0.05, 0) is 33.1 Å². The number of carboxylic acids is 1. The Bertz CT molecular complexity index is 351. The Balaban J connectivity index is 2.81. The van der Waals surface area contributed by atoms with Gasteiger partial charge < -0.3 is 15.1 Å². The highest BCUT2D eigenvalue weighted by Crippen LogP contribution is 2.28. The zero-order chi connectivity index (χ0) is 14.4. The highest BCUT2D eigenvalue weighted by Gasteiger charge is 2.36. The van der Waals surface area contributed by atoms with Gasteiger partial charge in [-0.2, -0.15) is 0 Å². The second-order valence-corrected chi connectivity index (χ2v) is 5.20. The van der Waals surface area contributed by atoms with Crippen molar-refractivity contribution in [1.29, 1.82) is 0 Å². The molecule has 0 aromatic carbocycles. The standard InChI is InChI=1S/C14H23NO4/c1-10(2)15(8-5-9-16)13(17)11-6-3-4-7-12(11)14(18)19/h3-4,10-12,16H,5-9H2,1-2H3,(H,18,19). The van der Waals surface area contributed by atoms with E-state index in [0.29, 0.717) is 25.8 Å². The van der Waals surface area contributed by atoms with Crippen LogP contribution in [0.3, 0.4) is 0 Å². The number of aliphatic hydroxyl groups excluding tert-OH is 1. The lowest BCUT2D eigenvalue weighted by molar-refractivity contribution is -0.151. The molecule has 0 radical (unpaired) electrons. The minimum atomic E-state index is -0.909. The molecule has 0 spiro atoms. The van der Waals surface area contributed by atoms with Crippen molar-refractivity contribution < 1.29 is 19.8 Å². The molecule has 0 heterocycles. The molecule has 2 unspecified atom stereocenters. The third kappa shape index (κ3) is 4.06. The number of carbonyl (C=O) groups is 2. The number of hydrogen-bond acceptors (Lipinski definition) is 3. The maximum atomic E-state index is 12.5. The number of aliphatic hydroxyl groups is 1. The van der Waals surface area contributed by atoms with Crippen LogP contribution in [0, 0.1) is 11.8 Å². The Morgan fingerprint density at radius 2 is 1.84 bits per heavy atom. The molecule has 19 heavy (non-hydrogen) atoms. The molecule has 0 aromatic heterocycles. The predicted molar refractivity (Wildman–Crippen MR) is 71.5 cm³/mol. The summed E-state index contributed by atoms with van der Waals surface area (Å²) in [4.78, 5) is 25.4. The van der Waals surface area contributed by atoms with Crippen molar-refractivity contribution in [2.24, 2.45) is 11.8 Å². The van der Waals surface area contributed by atoms with Crippen molar-refractivity contribution in [1.82, 2.24) is 4.90 Å². The molecule has 1 aliphatic rings. The van der Waals surface area contributed by atoms with Crippen LogP contribution in [0.15, 0.2) is 12.2 Å². The molecule has 5 nitrogen and oxygen atoms in total. The van der Waals surface area contributed by atoms with Gasteiger partial charge in [-0.1, -0.05) is 12.2 Å². The first-order chi connectivity index (χ1) is 8.99. The van der Waals surface area contributed by atoms with E-state index in [4.69, 9.17) is 5.11 Å². The maximum Gasteiger partial charge on any atom is 0.307 e. The summed E-state index contributed by atoms with van der Waals surface area (Å²) < 4.78 is 0. The molecule has 0 fully saturated rings. The summed E-state index contributed by atoms with van der Waals surface area (Å²) in [5.74, 6) is -2.13. The molecule has 0 aliphatic heterocycles. The van der Waals surface area contributed by atoms with Gasteiger partial charge in [-0.25, -0.2) is 0 Å². The SMILES string of the molecule is CC(C)N(CCCO)C(=O)C1CC=CCC1C(=O)O. The number of aliphatic carboxylic acids is 1. The molecule has 0 saturated heterocycles. The van der Waals surface area contributed by atoms with E-state index >= 15 is 0 Å². The van der Waals surface area contributed by atoms with E-state index in [2.05, 4.69) is 0 Å². The second-order valence-electron chi connectivity index (χ2n) is 5.20. The van der Waals surface area contributed by atoms with Crippen molar-refractivity contribution in [3.63, 3.8) is 0 Å². The Labute approximate surface area is 113 Å². The topological polar surface area (TPSA) is 77.8 Å². The van der Waals surface area contributed by atoms with E-state index < -0.39 is 17.8 Å². The van der Waals surface area contributed by atoms with Crippen molar-refractivity contribution in [3.05, 3.63) is 12.2 Å². The quantitative estimate of drug-likeness (QED) is 0.712. The monoisotopic (exact) mass is 269 g/mol. The van der Waals surface area contributed by atoms with Crippen LogP contribution in [0.25, 0.3) is 0 Å². The largest absolute Gasteiger partial charge is 0.481 e. The van der Waals surface area contributed by atoms with Crippen LogP contribution >= 0.6 is 0 Å². The van der Waals surface area contributed by atoms with Gasteiger partial charge in [0.1, 0.15) is 0 Å². The average molecular weight is 269 g/mol. The molecular weight excluding hydrogens is 246 g/mol. The number of carboxylic acid groups (broad SMARTS) is 1. The molecule has 1 amide bonds. The van der Waals surface area contributed by atoms with E-state index in [0.717, 1.165) is 0 Å². The van der Waals surface area contributed by atoms with E-state index in [1.807, 2.05) is 26.0 Å². The fraction of sp³-hybridized carbons (Fsp3) is 0.714. The normalized spacial score (nSPS) is 22.5. The lowest BCUT2D eigenvalue weighted by Crippen LogP contribution is -2.45. The van der Waals surface area contributed by atoms with Crippen LogP contribution in [0.2, 0.25) is 0 Å². The van der Waals surface area contributed by atoms with Crippen molar-refractivity contribution in [3.8, 4) is 0 Å². The van der Waals surface area contributed by atoms with E-state index in [-0.39, 0.29) is 18.6 Å². The zero-order valence-electron chi connectivity index (χ0n) is 11.6. The number of allylic oxidation sites excluding steroid dienone is 2. The summed E-state index contributed by atoms with van der Waals surface area (Å²) in [6, 6.07) is 0.0133. The number of nitrogens with zero attached hydrogens (tertiary/aromatic N) is 1. The van der Waals surface area contributed by atoms with Crippen LogP contribution in [-0.4, -0.2) is 46.2 Å². The first kappa shape index (κ1) is 15.7. The third-order valence-electron chi connectivity index (χ3n) is 3.53. The molecule has 0 aromatic rings. The van der Waals surface area contributed by atoms with Crippen LogP contribution < -0.4 is 0 Å². The highest BCUT2D eigenvalue weighted by atomic mass is 16.4. The van der Waals surface area contributed by atoms with Gasteiger partial charge in [-0.3, -0.25) is 9.59 Å². The van der Waals surface area contributed by atoms with Gasteiger partial charge in [0, 0.05) is 19.2 Å². The first-order valence-corrected chi connectivity index (χ1v) is 6.78. The maximum absolute atomic E-state index is 12.5. The first-order valence-electron chi connectivity index (χ1n) is 6.78. The fourth-order valence-corrected chi connectivity index (χ4v) is 2.44. The molecule has 0 saturated carbocycles. The van der Waals surface area contributed by atoms with Crippen LogP contribution in [0.1, 0.15) is 33.1 Å². The van der Waals surface area contributed by atoms with Crippen molar-refractivity contribution >= 4 is 11.9 Å². The van der Waals surface area contributed by atoms with E-state index in [1.165, 1.54) is 0 Å². The number of rotatable bonds is 6. The number of amides is 1.